The molecule has 0 radical (unpaired) electrons. The highest BCUT2D eigenvalue weighted by molar-refractivity contribution is 5.95. The highest BCUT2D eigenvalue weighted by Gasteiger charge is 2.13. The van der Waals surface area contributed by atoms with Crippen molar-refractivity contribution in [2.24, 2.45) is 5.73 Å². The number of benzene rings is 1. The lowest BCUT2D eigenvalue weighted by Crippen LogP contribution is -3.00. The predicted molar refractivity (Wildman–Crippen MR) is 65.9 cm³/mol. The largest absolute Gasteiger partial charge is 1.00 e. The first kappa shape index (κ1) is 15.0. The van der Waals surface area contributed by atoms with Crippen LogP contribution in [0.1, 0.15) is 20.7 Å². The van der Waals surface area contributed by atoms with Gasteiger partial charge < -0.3 is 22.7 Å². The third-order valence-corrected chi connectivity index (χ3v) is 2.56. The van der Waals surface area contributed by atoms with Crippen LogP contribution >= 0.6 is 0 Å². The summed E-state index contributed by atoms with van der Waals surface area (Å²) >= 11 is 0. The summed E-state index contributed by atoms with van der Waals surface area (Å²) in [4.78, 5) is 23.0. The maximum Gasteiger partial charge on any atom is 0.254 e. The fourth-order valence-electron chi connectivity index (χ4n) is 1.65. The van der Waals surface area contributed by atoms with Gasteiger partial charge in [0.15, 0.2) is 12.4 Å². The molecule has 1 aromatic heterocycles. The molecule has 2 aromatic rings. The van der Waals surface area contributed by atoms with Crippen LogP contribution in [0, 0.1) is 0 Å². The molecule has 0 aliphatic rings. The lowest BCUT2D eigenvalue weighted by molar-refractivity contribution is -0.683. The van der Waals surface area contributed by atoms with Gasteiger partial charge in [-0.1, -0.05) is 30.3 Å². The first-order valence-electron chi connectivity index (χ1n) is 5.54. The monoisotopic (exact) mass is 320 g/mol. The molecule has 0 saturated carbocycles. The van der Waals surface area contributed by atoms with Gasteiger partial charge >= 0.3 is 0 Å². The van der Waals surface area contributed by atoms with Crippen LogP contribution in [-0.4, -0.2) is 11.7 Å². The van der Waals surface area contributed by atoms with E-state index in [0.717, 1.165) is 0 Å². The molecule has 0 bridgehead atoms. The number of hydrogen-bond donors (Lipinski definition) is 1. The van der Waals surface area contributed by atoms with Crippen molar-refractivity contribution in [3.05, 3.63) is 66.0 Å². The van der Waals surface area contributed by atoms with E-state index >= 15 is 0 Å². The number of carbonyl (C=O) groups is 2. The Balaban J connectivity index is 0.00000180. The van der Waals surface area contributed by atoms with Crippen LogP contribution in [0.5, 0.6) is 0 Å². The summed E-state index contributed by atoms with van der Waals surface area (Å²) in [7, 11) is 0. The van der Waals surface area contributed by atoms with Crippen LogP contribution in [0.25, 0.3) is 0 Å². The summed E-state index contributed by atoms with van der Waals surface area (Å²) in [5.74, 6) is -0.515. The number of hydrogen-bond acceptors (Lipinski definition) is 2. The normalized spacial score (nSPS) is 9.47. The molecular formula is C14H13BrN2O2. The van der Waals surface area contributed by atoms with Gasteiger partial charge in [-0.3, -0.25) is 9.59 Å². The fourth-order valence-corrected chi connectivity index (χ4v) is 1.65. The van der Waals surface area contributed by atoms with Gasteiger partial charge in [0.1, 0.15) is 5.56 Å². The number of nitrogens with zero attached hydrogens (tertiary/aromatic N) is 1. The Morgan fingerprint density at radius 2 is 1.63 bits per heavy atom. The van der Waals surface area contributed by atoms with Crippen LogP contribution in [0.15, 0.2) is 54.9 Å². The summed E-state index contributed by atoms with van der Waals surface area (Å²) in [6.07, 6.45) is 3.30. The Bertz CT molecular complexity index is 585. The molecule has 5 heteroatoms. The van der Waals surface area contributed by atoms with Crippen LogP contribution in [0.2, 0.25) is 0 Å². The molecule has 0 spiro atoms. The van der Waals surface area contributed by atoms with Crippen LogP contribution in [0.4, 0.5) is 0 Å². The molecule has 19 heavy (non-hydrogen) atoms. The number of primary amides is 1. The minimum Gasteiger partial charge on any atom is -1.00 e. The van der Waals surface area contributed by atoms with E-state index in [9.17, 15) is 9.59 Å². The second-order valence-electron chi connectivity index (χ2n) is 3.92. The fraction of sp³-hybridized carbons (Fsp3) is 0.0714. The molecule has 0 aliphatic carbocycles. The summed E-state index contributed by atoms with van der Waals surface area (Å²) in [5.41, 5.74) is 6.22. The zero-order valence-corrected chi connectivity index (χ0v) is 11.7. The van der Waals surface area contributed by atoms with E-state index in [4.69, 9.17) is 5.73 Å². The van der Waals surface area contributed by atoms with Crippen molar-refractivity contribution in [3.8, 4) is 0 Å². The first-order valence-corrected chi connectivity index (χ1v) is 5.54. The molecule has 98 valence electrons. The van der Waals surface area contributed by atoms with Crippen molar-refractivity contribution in [2.75, 3.05) is 0 Å². The second-order valence-corrected chi connectivity index (χ2v) is 3.92. The summed E-state index contributed by atoms with van der Waals surface area (Å²) in [6.45, 7) is 0.186. The second kappa shape index (κ2) is 6.80. The van der Waals surface area contributed by atoms with Gasteiger partial charge in [-0.25, -0.2) is 0 Å². The van der Waals surface area contributed by atoms with E-state index < -0.39 is 5.91 Å². The average molecular weight is 321 g/mol. The van der Waals surface area contributed by atoms with E-state index in [1.807, 2.05) is 18.2 Å². The Morgan fingerprint density at radius 3 is 2.26 bits per heavy atom. The van der Waals surface area contributed by atoms with Crippen molar-refractivity contribution in [1.29, 1.82) is 0 Å². The molecule has 0 unspecified atom stereocenters. The average Bonchev–Trinajstić information content (AvgIpc) is 2.40. The highest BCUT2D eigenvalue weighted by atomic mass is 79.9. The Labute approximate surface area is 121 Å². The third-order valence-electron chi connectivity index (χ3n) is 2.56. The van der Waals surface area contributed by atoms with Crippen LogP contribution < -0.4 is 27.3 Å². The molecular weight excluding hydrogens is 308 g/mol. The van der Waals surface area contributed by atoms with E-state index in [2.05, 4.69) is 0 Å². The molecule has 2 rings (SSSR count). The number of aromatic nitrogens is 1. The topological polar surface area (TPSA) is 64.0 Å². The molecule has 4 nitrogen and oxygen atoms in total. The van der Waals surface area contributed by atoms with E-state index in [1.54, 1.807) is 41.2 Å². The summed E-state index contributed by atoms with van der Waals surface area (Å²) in [5, 5.41) is 0. The highest BCUT2D eigenvalue weighted by Crippen LogP contribution is 2.00. The number of carbonyl (C=O) groups excluding carboxylic acids is 2. The molecule has 0 atom stereocenters. The summed E-state index contributed by atoms with van der Waals surface area (Å²) < 4.78 is 1.65. The number of halogens is 1. The van der Waals surface area contributed by atoms with Gasteiger partial charge in [-0.2, -0.15) is 4.57 Å². The quantitative estimate of drug-likeness (QED) is 0.521. The zero-order chi connectivity index (χ0) is 13.0. The SMILES string of the molecule is NC(=O)c1ccc[n+](CC(=O)c2ccccc2)c1.[Br-]. The van der Waals surface area contributed by atoms with Crippen molar-refractivity contribution in [2.45, 2.75) is 6.54 Å². The Kier molecular flexibility index (Phi) is 5.38. The van der Waals surface area contributed by atoms with E-state index in [1.165, 1.54) is 0 Å². The minimum absolute atomic E-state index is 0. The van der Waals surface area contributed by atoms with Gasteiger partial charge in [0, 0.05) is 11.6 Å². The standard InChI is InChI=1S/C14H12N2O2.BrH/c15-14(18)12-7-4-8-16(9-12)10-13(17)11-5-2-1-3-6-11;/h1-9H,10H2,(H-,15,18);1H. The number of amides is 1. The molecule has 2 N–H and O–H groups in total. The smallest absolute Gasteiger partial charge is 0.254 e. The van der Waals surface area contributed by atoms with Gasteiger partial charge in [0.05, 0.1) is 0 Å². The molecule has 0 fully saturated rings. The molecule has 1 aromatic carbocycles. The molecule has 0 saturated heterocycles. The lowest BCUT2D eigenvalue weighted by Gasteiger charge is -1.99. The van der Waals surface area contributed by atoms with Crippen molar-refractivity contribution >= 4 is 11.7 Å². The lowest BCUT2D eigenvalue weighted by atomic mass is 10.1. The van der Waals surface area contributed by atoms with E-state index in [-0.39, 0.29) is 29.3 Å². The van der Waals surface area contributed by atoms with Crippen molar-refractivity contribution in [1.82, 2.24) is 0 Å². The van der Waals surface area contributed by atoms with Crippen LogP contribution in [0.3, 0.4) is 0 Å². The third kappa shape index (κ3) is 3.99. The summed E-state index contributed by atoms with van der Waals surface area (Å²) in [6, 6.07) is 12.3. The minimum atomic E-state index is -0.503. The first-order chi connectivity index (χ1) is 8.66. The number of rotatable bonds is 4. The number of Topliss-reactive ketones (excluding diaryl/α,β-unsaturated/α-hetero) is 1. The van der Waals surface area contributed by atoms with Crippen molar-refractivity contribution in [3.63, 3.8) is 0 Å². The van der Waals surface area contributed by atoms with E-state index in [0.29, 0.717) is 11.1 Å². The molecule has 0 aliphatic heterocycles. The number of pyridine rings is 1. The Morgan fingerprint density at radius 1 is 1.00 bits per heavy atom. The van der Waals surface area contributed by atoms with Gasteiger partial charge in [0.2, 0.25) is 12.3 Å². The number of ketones is 1. The number of nitrogens with two attached hydrogens (primary N) is 1. The molecule has 1 amide bonds. The van der Waals surface area contributed by atoms with Gasteiger partial charge in [-0.15, -0.1) is 0 Å². The predicted octanol–water partition coefficient (Wildman–Crippen LogP) is -2.04. The maximum atomic E-state index is 12.0. The van der Waals surface area contributed by atoms with Gasteiger partial charge in [-0.05, 0) is 6.07 Å². The Hall–Kier alpha value is -2.01. The van der Waals surface area contributed by atoms with Gasteiger partial charge in [0.25, 0.3) is 5.91 Å². The van der Waals surface area contributed by atoms with Crippen molar-refractivity contribution < 1.29 is 31.1 Å². The molecule has 1 heterocycles. The maximum absolute atomic E-state index is 12.0. The zero-order valence-electron chi connectivity index (χ0n) is 10.1. The van der Waals surface area contributed by atoms with Crippen LogP contribution in [-0.2, 0) is 6.54 Å².